The van der Waals surface area contributed by atoms with Crippen LogP contribution in [-0.2, 0) is 10.0 Å². The topological polar surface area (TPSA) is 128 Å². The fourth-order valence-corrected chi connectivity index (χ4v) is 6.45. The van der Waals surface area contributed by atoms with Crippen molar-refractivity contribution in [2.45, 2.75) is 45.0 Å². The number of anilines is 4. The Morgan fingerprint density at radius 3 is 2.49 bits per heavy atom. The van der Waals surface area contributed by atoms with Crippen LogP contribution >= 0.6 is 0 Å². The Morgan fingerprint density at radius 2 is 1.83 bits per heavy atom. The zero-order chi connectivity index (χ0) is 29.6. The highest BCUT2D eigenvalue weighted by molar-refractivity contribution is 7.92. The number of carbonyl (C=O) groups is 1. The van der Waals surface area contributed by atoms with Crippen LogP contribution in [0, 0.1) is 18.3 Å². The number of nitrogens with one attached hydrogen (secondary N) is 2. The lowest BCUT2D eigenvalue weighted by molar-refractivity contribution is -0.0222. The smallest absolute Gasteiger partial charge is 0.258 e. The summed E-state index contributed by atoms with van der Waals surface area (Å²) < 4.78 is 81.4. The summed E-state index contributed by atoms with van der Waals surface area (Å²) in [5.41, 5.74) is 0.214. The Morgan fingerprint density at radius 1 is 1.12 bits per heavy atom. The van der Waals surface area contributed by atoms with E-state index >= 15 is 0 Å². The lowest BCUT2D eigenvalue weighted by atomic mass is 9.95. The van der Waals surface area contributed by atoms with Crippen LogP contribution in [0.25, 0.3) is 0 Å². The number of hydrogen-bond donors (Lipinski definition) is 3. The SMILES string of the molecule is Cc1cc(NC(=O)c2ccc(NS(=O)(=O)CCO)cc2N2CC[C@]3(C(F)F)C[C@H]3C2)nc(N2CCC(F)(F)CC2)n1. The van der Waals surface area contributed by atoms with Crippen LogP contribution in [0.3, 0.4) is 0 Å². The molecule has 0 spiro atoms. The third-order valence-corrected chi connectivity index (χ3v) is 9.35. The molecular weight excluding hydrogens is 568 g/mol. The van der Waals surface area contributed by atoms with E-state index in [1.807, 2.05) is 4.90 Å². The van der Waals surface area contributed by atoms with Gasteiger partial charge in [0.1, 0.15) is 5.82 Å². The Kier molecular flexibility index (Phi) is 7.78. The summed E-state index contributed by atoms with van der Waals surface area (Å²) in [6.45, 7) is 1.79. The molecular formula is C26H32F4N6O4S. The van der Waals surface area contributed by atoms with Gasteiger partial charge in [-0.05, 0) is 43.9 Å². The Labute approximate surface area is 235 Å². The lowest BCUT2D eigenvalue weighted by Gasteiger charge is -2.34. The number of aliphatic hydroxyl groups excluding tert-OH is 1. The van der Waals surface area contributed by atoms with Gasteiger partial charge in [-0.25, -0.2) is 31.0 Å². The number of aryl methyl sites for hydroxylation is 1. The van der Waals surface area contributed by atoms with E-state index in [2.05, 4.69) is 20.0 Å². The van der Waals surface area contributed by atoms with E-state index in [4.69, 9.17) is 5.11 Å². The molecule has 3 N–H and O–H groups in total. The molecule has 0 radical (unpaired) electrons. The largest absolute Gasteiger partial charge is 0.395 e. The number of alkyl halides is 4. The molecule has 1 aromatic heterocycles. The first-order valence-corrected chi connectivity index (χ1v) is 15.0. The van der Waals surface area contributed by atoms with E-state index in [1.54, 1.807) is 17.9 Å². The number of fused-ring (bicyclic) bond motifs is 1. The summed E-state index contributed by atoms with van der Waals surface area (Å²) in [4.78, 5) is 25.7. The number of rotatable bonds is 9. The quantitative estimate of drug-likeness (QED) is 0.374. The number of piperidine rings is 2. The minimum Gasteiger partial charge on any atom is -0.395 e. The van der Waals surface area contributed by atoms with Crippen LogP contribution in [0.5, 0.6) is 0 Å². The Hall–Kier alpha value is -3.20. The summed E-state index contributed by atoms with van der Waals surface area (Å²) in [5.74, 6) is -3.69. The molecule has 2 atom stereocenters. The van der Waals surface area contributed by atoms with Crippen molar-refractivity contribution in [1.82, 2.24) is 9.97 Å². The van der Waals surface area contributed by atoms with Crippen molar-refractivity contribution in [2.75, 3.05) is 58.4 Å². The van der Waals surface area contributed by atoms with Crippen LogP contribution in [0.4, 0.5) is 40.7 Å². The molecule has 1 saturated carbocycles. The first-order valence-electron chi connectivity index (χ1n) is 13.4. The number of benzene rings is 1. The monoisotopic (exact) mass is 600 g/mol. The summed E-state index contributed by atoms with van der Waals surface area (Å²) in [6.07, 6.45) is -2.46. The van der Waals surface area contributed by atoms with Gasteiger partial charge < -0.3 is 20.2 Å². The Bertz CT molecular complexity index is 1420. The predicted octanol–water partition coefficient (Wildman–Crippen LogP) is 3.49. The predicted molar refractivity (Wildman–Crippen MR) is 145 cm³/mol. The molecule has 5 rings (SSSR count). The molecule has 0 bridgehead atoms. The first-order chi connectivity index (χ1) is 19.3. The van der Waals surface area contributed by atoms with Crippen LogP contribution in [-0.4, -0.2) is 80.3 Å². The van der Waals surface area contributed by atoms with Crippen LogP contribution < -0.4 is 19.8 Å². The number of halogens is 4. The van der Waals surface area contributed by atoms with E-state index in [0.717, 1.165) is 0 Å². The van der Waals surface area contributed by atoms with Gasteiger partial charge in [-0.3, -0.25) is 9.52 Å². The van der Waals surface area contributed by atoms with Gasteiger partial charge in [-0.2, -0.15) is 4.98 Å². The van der Waals surface area contributed by atoms with Crippen LogP contribution in [0.15, 0.2) is 24.3 Å². The van der Waals surface area contributed by atoms with Gasteiger partial charge in [0, 0.05) is 56.2 Å². The van der Waals surface area contributed by atoms with Gasteiger partial charge in [-0.15, -0.1) is 0 Å². The van der Waals surface area contributed by atoms with Crippen molar-refractivity contribution in [2.24, 2.45) is 11.3 Å². The maximum Gasteiger partial charge on any atom is 0.258 e. The molecule has 2 saturated heterocycles. The Balaban J connectivity index is 1.40. The van der Waals surface area contributed by atoms with Gasteiger partial charge in [0.15, 0.2) is 0 Å². The van der Waals surface area contributed by atoms with Crippen LogP contribution in [0.1, 0.15) is 41.7 Å². The highest BCUT2D eigenvalue weighted by Crippen LogP contribution is 2.61. The maximum atomic E-state index is 13.7. The number of aromatic nitrogens is 2. The van der Waals surface area contributed by atoms with E-state index in [-0.39, 0.29) is 74.4 Å². The number of hydrogen-bond acceptors (Lipinski definition) is 8. The standard InChI is InChI=1S/C26H32F4N6O4S/c1-16-12-21(33-24(31-16)35-8-5-26(29,30)6-9-35)32-22(38)19-3-2-18(34-41(39,40)11-10-37)13-20(19)36-7-4-25(23(27)28)14-17(25)15-36/h2-3,12-13,17,23,34,37H,4-11,14-15H2,1H3,(H,31,32,33,38)/t17-,25-/m0/s1. The second-order valence-corrected chi connectivity index (χ2v) is 12.8. The number of carbonyl (C=O) groups excluding carboxylic acids is 1. The zero-order valence-electron chi connectivity index (χ0n) is 22.4. The molecule has 15 heteroatoms. The van der Waals surface area contributed by atoms with E-state index < -0.39 is 46.1 Å². The first kappa shape index (κ1) is 29.3. The van der Waals surface area contributed by atoms with Gasteiger partial charge in [-0.1, -0.05) is 0 Å². The average Bonchev–Trinajstić information content (AvgIpc) is 3.63. The number of nitrogens with zero attached hydrogens (tertiary/aromatic N) is 4. The van der Waals surface area contributed by atoms with Crippen molar-refractivity contribution in [3.63, 3.8) is 0 Å². The van der Waals surface area contributed by atoms with Gasteiger partial charge in [0.2, 0.25) is 22.4 Å². The zero-order valence-corrected chi connectivity index (χ0v) is 23.2. The summed E-state index contributed by atoms with van der Waals surface area (Å²) in [6, 6.07) is 5.86. The van der Waals surface area contributed by atoms with Crippen molar-refractivity contribution < 1.29 is 35.9 Å². The van der Waals surface area contributed by atoms with Crippen molar-refractivity contribution in [3.8, 4) is 0 Å². The van der Waals surface area contributed by atoms with Crippen molar-refractivity contribution in [1.29, 1.82) is 0 Å². The van der Waals surface area contributed by atoms with Crippen molar-refractivity contribution >= 4 is 39.1 Å². The molecule has 1 aromatic carbocycles. The molecule has 0 unspecified atom stereocenters. The number of sulfonamides is 1. The van der Waals surface area contributed by atoms with Gasteiger partial charge in [0.05, 0.1) is 29.3 Å². The average molecular weight is 601 g/mol. The van der Waals surface area contributed by atoms with E-state index in [9.17, 15) is 30.8 Å². The van der Waals surface area contributed by atoms with Crippen molar-refractivity contribution in [3.05, 3.63) is 35.5 Å². The second-order valence-electron chi connectivity index (χ2n) is 11.0. The fraction of sp³-hybridized carbons (Fsp3) is 0.577. The second kappa shape index (κ2) is 10.9. The van der Waals surface area contributed by atoms with E-state index in [1.165, 1.54) is 18.2 Å². The highest BCUT2D eigenvalue weighted by atomic mass is 32.2. The minimum atomic E-state index is -3.85. The third kappa shape index (κ3) is 6.35. The number of amides is 1. The third-order valence-electron chi connectivity index (χ3n) is 8.08. The summed E-state index contributed by atoms with van der Waals surface area (Å²) in [7, 11) is -3.85. The molecule has 41 heavy (non-hydrogen) atoms. The fourth-order valence-electron chi connectivity index (χ4n) is 5.62. The summed E-state index contributed by atoms with van der Waals surface area (Å²) in [5, 5.41) is 11.8. The molecule has 3 fully saturated rings. The molecule has 3 aliphatic rings. The molecule has 224 valence electrons. The molecule has 1 aliphatic carbocycles. The molecule has 3 heterocycles. The van der Waals surface area contributed by atoms with Gasteiger partial charge in [0.25, 0.3) is 11.8 Å². The molecule has 1 amide bonds. The molecule has 10 nitrogen and oxygen atoms in total. The maximum absolute atomic E-state index is 13.7. The highest BCUT2D eigenvalue weighted by Gasteiger charge is 2.62. The van der Waals surface area contributed by atoms with Crippen LogP contribution in [0.2, 0.25) is 0 Å². The molecule has 2 aliphatic heterocycles. The summed E-state index contributed by atoms with van der Waals surface area (Å²) >= 11 is 0. The van der Waals surface area contributed by atoms with Gasteiger partial charge >= 0.3 is 0 Å². The lowest BCUT2D eigenvalue weighted by Crippen LogP contribution is -2.40. The minimum absolute atomic E-state index is 0.0673. The molecule has 2 aromatic rings. The normalized spacial score (nSPS) is 23.7. The number of aliphatic hydroxyl groups is 1. The van der Waals surface area contributed by atoms with E-state index in [0.29, 0.717) is 17.8 Å².